The van der Waals surface area contributed by atoms with Crippen LogP contribution in [0.4, 0.5) is 8.78 Å². The van der Waals surface area contributed by atoms with Gasteiger partial charge < -0.3 is 10.1 Å². The number of aromatic nitrogens is 3. The molecule has 12 heteroatoms. The standard InChI is InChI=1S/C21H22F2N4O5S/c1-12(2)26-16-7-13(18(28)25-21(3)10-33(30,31)11-21)9-24-17(16)27(20(26)29)14-5-4-6-15(8-14)32-19(22)23/h4-9,12,19H,10-11H2,1-3H3,(H,25,28). The molecule has 1 saturated heterocycles. The number of benzene rings is 1. The summed E-state index contributed by atoms with van der Waals surface area (Å²) < 4.78 is 55.4. The van der Waals surface area contributed by atoms with Gasteiger partial charge in [0.05, 0.1) is 33.8 Å². The van der Waals surface area contributed by atoms with Crippen LogP contribution in [-0.2, 0) is 9.84 Å². The Morgan fingerprint density at radius 2 is 1.94 bits per heavy atom. The van der Waals surface area contributed by atoms with Crippen molar-refractivity contribution in [2.75, 3.05) is 11.5 Å². The second-order valence-corrected chi connectivity index (χ2v) is 10.6. The first kappa shape index (κ1) is 22.9. The molecule has 176 valence electrons. The fourth-order valence-corrected chi connectivity index (χ4v) is 6.10. The Balaban J connectivity index is 1.78. The molecule has 3 aromatic rings. The lowest BCUT2D eigenvalue weighted by Gasteiger charge is -2.38. The van der Waals surface area contributed by atoms with Gasteiger partial charge in [0.1, 0.15) is 5.75 Å². The van der Waals surface area contributed by atoms with E-state index >= 15 is 0 Å². The number of halogens is 2. The average Bonchev–Trinajstić information content (AvgIpc) is 2.96. The number of hydrogen-bond donors (Lipinski definition) is 1. The molecule has 1 aromatic carbocycles. The third-order valence-corrected chi connectivity index (χ3v) is 7.44. The molecule has 1 aliphatic rings. The van der Waals surface area contributed by atoms with E-state index in [0.717, 1.165) is 0 Å². The van der Waals surface area contributed by atoms with Gasteiger partial charge in [0.2, 0.25) is 0 Å². The van der Waals surface area contributed by atoms with Gasteiger partial charge in [-0.25, -0.2) is 22.8 Å². The molecule has 2 aromatic heterocycles. The summed E-state index contributed by atoms with van der Waals surface area (Å²) >= 11 is 0. The molecule has 1 amide bonds. The number of fused-ring (bicyclic) bond motifs is 1. The molecule has 0 atom stereocenters. The van der Waals surface area contributed by atoms with E-state index < -0.39 is 33.6 Å². The molecule has 9 nitrogen and oxygen atoms in total. The van der Waals surface area contributed by atoms with Gasteiger partial charge in [0.25, 0.3) is 5.91 Å². The summed E-state index contributed by atoms with van der Waals surface area (Å²) in [6.07, 6.45) is 1.29. The number of imidazole rings is 1. The first-order chi connectivity index (χ1) is 15.4. The Kier molecular flexibility index (Phi) is 5.51. The second-order valence-electron chi connectivity index (χ2n) is 8.57. The highest BCUT2D eigenvalue weighted by atomic mass is 32.2. The fraction of sp³-hybridized carbons (Fsp3) is 0.381. The smallest absolute Gasteiger partial charge is 0.387 e. The maximum absolute atomic E-state index is 13.2. The topological polar surface area (TPSA) is 112 Å². The van der Waals surface area contributed by atoms with Crippen molar-refractivity contribution in [3.63, 3.8) is 0 Å². The van der Waals surface area contributed by atoms with Crippen LogP contribution in [0.25, 0.3) is 16.9 Å². The van der Waals surface area contributed by atoms with E-state index in [1.54, 1.807) is 26.8 Å². The summed E-state index contributed by atoms with van der Waals surface area (Å²) in [4.78, 5) is 30.3. The third kappa shape index (κ3) is 4.34. The van der Waals surface area contributed by atoms with Crippen molar-refractivity contribution < 1.29 is 26.7 Å². The zero-order valence-electron chi connectivity index (χ0n) is 18.1. The highest BCUT2D eigenvalue weighted by molar-refractivity contribution is 7.93. The predicted octanol–water partition coefficient (Wildman–Crippen LogP) is 2.29. The molecular formula is C21H22F2N4O5S. The van der Waals surface area contributed by atoms with Gasteiger partial charge >= 0.3 is 12.3 Å². The normalized spacial score (nSPS) is 16.7. The number of ether oxygens (including phenoxy) is 1. The average molecular weight is 480 g/mol. The molecule has 33 heavy (non-hydrogen) atoms. The van der Waals surface area contributed by atoms with Gasteiger partial charge in [-0.15, -0.1) is 0 Å². The van der Waals surface area contributed by atoms with E-state index in [2.05, 4.69) is 15.0 Å². The number of rotatable bonds is 6. The molecule has 4 rings (SSSR count). The lowest BCUT2D eigenvalue weighted by atomic mass is 10.1. The van der Waals surface area contributed by atoms with E-state index in [1.165, 1.54) is 39.6 Å². The lowest BCUT2D eigenvalue weighted by Crippen LogP contribution is -2.63. The largest absolute Gasteiger partial charge is 0.435 e. The minimum Gasteiger partial charge on any atom is -0.435 e. The van der Waals surface area contributed by atoms with E-state index in [4.69, 9.17) is 0 Å². The van der Waals surface area contributed by atoms with Crippen LogP contribution in [0.5, 0.6) is 5.75 Å². The van der Waals surface area contributed by atoms with Crippen molar-refractivity contribution in [3.05, 3.63) is 52.6 Å². The number of carbonyl (C=O) groups is 1. The van der Waals surface area contributed by atoms with E-state index in [9.17, 15) is 26.8 Å². The van der Waals surface area contributed by atoms with E-state index in [1.807, 2.05) is 0 Å². The van der Waals surface area contributed by atoms with Crippen LogP contribution >= 0.6 is 0 Å². The number of hydrogen-bond acceptors (Lipinski definition) is 6. The molecule has 0 spiro atoms. The monoisotopic (exact) mass is 480 g/mol. The number of nitrogens with one attached hydrogen (secondary N) is 1. The van der Waals surface area contributed by atoms with Crippen LogP contribution in [0.1, 0.15) is 37.2 Å². The lowest BCUT2D eigenvalue weighted by molar-refractivity contribution is -0.0498. The van der Waals surface area contributed by atoms with Crippen LogP contribution in [0.3, 0.4) is 0 Å². The number of amides is 1. The van der Waals surface area contributed by atoms with Crippen LogP contribution in [0, 0.1) is 0 Å². The Labute approximate surface area is 187 Å². The Morgan fingerprint density at radius 3 is 2.55 bits per heavy atom. The molecule has 0 saturated carbocycles. The van der Waals surface area contributed by atoms with Crippen molar-refractivity contribution in [3.8, 4) is 11.4 Å². The number of carbonyl (C=O) groups excluding carboxylic acids is 1. The summed E-state index contributed by atoms with van der Waals surface area (Å²) in [5.41, 5.74) is -0.282. The first-order valence-electron chi connectivity index (χ1n) is 10.1. The minimum atomic E-state index is -3.15. The third-order valence-electron chi connectivity index (χ3n) is 5.29. The molecule has 1 aliphatic heterocycles. The fourth-order valence-electron chi connectivity index (χ4n) is 4.10. The van der Waals surface area contributed by atoms with Gasteiger partial charge in [0.15, 0.2) is 15.5 Å². The van der Waals surface area contributed by atoms with Crippen LogP contribution in [0.2, 0.25) is 0 Å². The number of sulfone groups is 1. The van der Waals surface area contributed by atoms with Gasteiger partial charge in [0, 0.05) is 18.3 Å². The quantitative estimate of drug-likeness (QED) is 0.579. The zero-order valence-corrected chi connectivity index (χ0v) is 18.9. The Bertz CT molecular complexity index is 1400. The number of nitrogens with zero attached hydrogens (tertiary/aromatic N) is 3. The summed E-state index contributed by atoms with van der Waals surface area (Å²) in [7, 11) is -3.15. The maximum atomic E-state index is 13.2. The van der Waals surface area contributed by atoms with Gasteiger partial charge in [-0.3, -0.25) is 9.36 Å². The highest BCUT2D eigenvalue weighted by Crippen LogP contribution is 2.25. The molecular weight excluding hydrogens is 458 g/mol. The summed E-state index contributed by atoms with van der Waals surface area (Å²) in [6.45, 7) is 2.20. The van der Waals surface area contributed by atoms with Crippen LogP contribution in [0.15, 0.2) is 41.3 Å². The molecule has 0 bridgehead atoms. The van der Waals surface area contributed by atoms with Gasteiger partial charge in [-0.1, -0.05) is 6.07 Å². The second kappa shape index (κ2) is 7.94. The Morgan fingerprint density at radius 1 is 1.24 bits per heavy atom. The summed E-state index contributed by atoms with van der Waals surface area (Å²) in [5.74, 6) is -0.916. The first-order valence-corrected chi connectivity index (χ1v) is 11.9. The van der Waals surface area contributed by atoms with Gasteiger partial charge in [-0.05, 0) is 39.0 Å². The highest BCUT2D eigenvalue weighted by Gasteiger charge is 2.45. The molecule has 0 unspecified atom stereocenters. The van der Waals surface area contributed by atoms with Crippen LogP contribution < -0.4 is 15.7 Å². The predicted molar refractivity (Wildman–Crippen MR) is 117 cm³/mol. The van der Waals surface area contributed by atoms with Crippen molar-refractivity contribution in [1.29, 1.82) is 0 Å². The molecule has 1 fully saturated rings. The van der Waals surface area contributed by atoms with Crippen molar-refractivity contribution in [1.82, 2.24) is 19.4 Å². The molecule has 0 aliphatic carbocycles. The SMILES string of the molecule is CC(C)n1c(=O)n(-c2cccc(OC(F)F)c2)c2ncc(C(=O)NC3(C)CS(=O)(=O)C3)cc21. The van der Waals surface area contributed by atoms with E-state index in [-0.39, 0.29) is 40.2 Å². The number of alkyl halides is 2. The summed E-state index contributed by atoms with van der Waals surface area (Å²) in [5, 5.41) is 2.72. The molecule has 1 N–H and O–H groups in total. The molecule has 0 radical (unpaired) electrons. The van der Waals surface area contributed by atoms with Crippen LogP contribution in [-0.4, -0.2) is 52.1 Å². The van der Waals surface area contributed by atoms with Gasteiger partial charge in [-0.2, -0.15) is 8.78 Å². The maximum Gasteiger partial charge on any atom is 0.387 e. The van der Waals surface area contributed by atoms with Crippen molar-refractivity contribution >= 4 is 26.9 Å². The minimum absolute atomic E-state index is 0.112. The van der Waals surface area contributed by atoms with E-state index in [0.29, 0.717) is 5.52 Å². The van der Waals surface area contributed by atoms with Crippen molar-refractivity contribution in [2.24, 2.45) is 0 Å². The zero-order chi connectivity index (χ0) is 24.1. The Hall–Kier alpha value is -3.28. The molecule has 3 heterocycles. The summed E-state index contributed by atoms with van der Waals surface area (Å²) in [6, 6.07) is 6.90. The van der Waals surface area contributed by atoms with Crippen molar-refractivity contribution in [2.45, 2.75) is 39.0 Å². The number of pyridine rings is 1.